The van der Waals surface area contributed by atoms with Gasteiger partial charge in [0.2, 0.25) is 5.91 Å². The van der Waals surface area contributed by atoms with E-state index in [4.69, 9.17) is 6.42 Å². The minimum absolute atomic E-state index is 0.0605. The van der Waals surface area contributed by atoms with Gasteiger partial charge in [0, 0.05) is 12.3 Å². The van der Waals surface area contributed by atoms with Gasteiger partial charge in [0.15, 0.2) is 0 Å². The van der Waals surface area contributed by atoms with Gasteiger partial charge < -0.3 is 10.2 Å². The molecule has 2 rings (SSSR count). The maximum Gasteiger partial charge on any atom is 0.250 e. The van der Waals surface area contributed by atoms with Gasteiger partial charge in [-0.15, -0.1) is 18.2 Å². The zero-order valence-electron chi connectivity index (χ0n) is 11.9. The molecule has 1 aliphatic rings. The van der Waals surface area contributed by atoms with Crippen LogP contribution in [0.25, 0.3) is 0 Å². The number of rotatable bonds is 5. The predicted octanol–water partition coefficient (Wildman–Crippen LogP) is 1.44. The molecule has 1 heterocycles. The van der Waals surface area contributed by atoms with Crippen LogP contribution in [0.1, 0.15) is 18.5 Å². The molecule has 110 valence electrons. The quantitative estimate of drug-likeness (QED) is 0.661. The lowest BCUT2D eigenvalue weighted by atomic mass is 10.0. The molecule has 0 aliphatic carbocycles. The molecule has 5 heteroatoms. The first kappa shape index (κ1) is 15.5. The summed E-state index contributed by atoms with van der Waals surface area (Å²) < 4.78 is 0. The Hall–Kier alpha value is -1.93. The van der Waals surface area contributed by atoms with Crippen molar-refractivity contribution in [2.45, 2.75) is 19.0 Å². The summed E-state index contributed by atoms with van der Waals surface area (Å²) in [4.78, 5) is 26.3. The predicted molar refractivity (Wildman–Crippen MR) is 84.7 cm³/mol. The lowest BCUT2D eigenvalue weighted by Crippen LogP contribution is -2.58. The number of carbonyl (C=O) groups is 2. The lowest BCUT2D eigenvalue weighted by molar-refractivity contribution is -0.148. The molecule has 0 radical (unpaired) electrons. The standard InChI is InChI=1S/C16H18N2O2S/c1-3-10-21-11-9-18-12(2)15(19)17-14(16(18)20)13-7-5-4-6-8-13/h1,4-8,12,14H,9-11H2,2H3,(H,17,19). The van der Waals surface area contributed by atoms with Crippen LogP contribution in [-0.4, -0.2) is 40.8 Å². The van der Waals surface area contributed by atoms with Gasteiger partial charge in [0.25, 0.3) is 5.91 Å². The number of terminal acetylenes is 1. The topological polar surface area (TPSA) is 49.4 Å². The molecule has 1 N–H and O–H groups in total. The van der Waals surface area contributed by atoms with Crippen LogP contribution < -0.4 is 5.32 Å². The van der Waals surface area contributed by atoms with Gasteiger partial charge in [-0.2, -0.15) is 0 Å². The second kappa shape index (κ2) is 7.19. The van der Waals surface area contributed by atoms with Crippen LogP contribution in [0.2, 0.25) is 0 Å². The molecule has 2 amide bonds. The molecule has 1 aliphatic heterocycles. The molecule has 1 saturated heterocycles. The number of benzene rings is 1. The number of nitrogens with one attached hydrogen (secondary N) is 1. The Morgan fingerprint density at radius 2 is 2.05 bits per heavy atom. The van der Waals surface area contributed by atoms with Crippen LogP contribution in [-0.2, 0) is 9.59 Å². The third kappa shape index (κ3) is 3.59. The molecule has 21 heavy (non-hydrogen) atoms. The second-order valence-electron chi connectivity index (χ2n) is 4.82. The minimum atomic E-state index is -0.590. The Morgan fingerprint density at radius 3 is 2.71 bits per heavy atom. The third-order valence-electron chi connectivity index (χ3n) is 3.46. The molecule has 4 nitrogen and oxygen atoms in total. The van der Waals surface area contributed by atoms with Crippen LogP contribution in [0, 0.1) is 12.3 Å². The average molecular weight is 302 g/mol. The van der Waals surface area contributed by atoms with Gasteiger partial charge in [0.05, 0.1) is 5.75 Å². The summed E-state index contributed by atoms with van der Waals surface area (Å²) in [5, 5.41) is 2.79. The summed E-state index contributed by atoms with van der Waals surface area (Å²) in [6.07, 6.45) is 5.21. The van der Waals surface area contributed by atoms with Gasteiger partial charge in [-0.1, -0.05) is 36.3 Å². The maximum atomic E-state index is 12.6. The molecule has 0 saturated carbocycles. The Morgan fingerprint density at radius 1 is 1.33 bits per heavy atom. The number of thioether (sulfide) groups is 1. The Bertz CT molecular complexity index is 553. The van der Waals surface area contributed by atoms with E-state index in [9.17, 15) is 9.59 Å². The van der Waals surface area contributed by atoms with Crippen molar-refractivity contribution in [1.29, 1.82) is 0 Å². The largest absolute Gasteiger partial charge is 0.339 e. The molecule has 2 atom stereocenters. The minimum Gasteiger partial charge on any atom is -0.339 e. The van der Waals surface area contributed by atoms with Crippen molar-refractivity contribution < 1.29 is 9.59 Å². The second-order valence-corrected chi connectivity index (χ2v) is 5.92. The SMILES string of the molecule is C#CCSCCN1C(=O)C(c2ccccc2)NC(=O)C1C. The van der Waals surface area contributed by atoms with Crippen molar-refractivity contribution in [2.75, 3.05) is 18.1 Å². The fourth-order valence-electron chi connectivity index (χ4n) is 2.29. The molecule has 0 aromatic heterocycles. The van der Waals surface area contributed by atoms with Crippen LogP contribution >= 0.6 is 11.8 Å². The molecule has 0 spiro atoms. The van der Waals surface area contributed by atoms with Crippen LogP contribution in [0.5, 0.6) is 0 Å². The first-order chi connectivity index (χ1) is 10.1. The number of amides is 2. The fourth-order valence-corrected chi connectivity index (χ4v) is 2.88. The van der Waals surface area contributed by atoms with Crippen molar-refractivity contribution in [3.8, 4) is 12.3 Å². The van der Waals surface area contributed by atoms with Crippen molar-refractivity contribution in [1.82, 2.24) is 10.2 Å². The smallest absolute Gasteiger partial charge is 0.250 e. The van der Waals surface area contributed by atoms with Crippen molar-refractivity contribution in [2.24, 2.45) is 0 Å². The Kier molecular flexibility index (Phi) is 5.29. The van der Waals surface area contributed by atoms with E-state index in [-0.39, 0.29) is 11.8 Å². The summed E-state index contributed by atoms with van der Waals surface area (Å²) in [6, 6.07) is 8.28. The lowest BCUT2D eigenvalue weighted by Gasteiger charge is -2.37. The molecular weight excluding hydrogens is 284 g/mol. The fraction of sp³-hybridized carbons (Fsp3) is 0.375. The first-order valence-electron chi connectivity index (χ1n) is 6.82. The van der Waals surface area contributed by atoms with Crippen LogP contribution in [0.4, 0.5) is 0 Å². The van der Waals surface area contributed by atoms with Crippen molar-refractivity contribution in [3.63, 3.8) is 0 Å². The van der Waals surface area contributed by atoms with E-state index in [1.165, 1.54) is 0 Å². The number of hydrogen-bond acceptors (Lipinski definition) is 3. The van der Waals surface area contributed by atoms with E-state index in [1.54, 1.807) is 23.6 Å². The van der Waals surface area contributed by atoms with Gasteiger partial charge in [-0.3, -0.25) is 9.59 Å². The Labute approximate surface area is 129 Å². The van der Waals surface area contributed by atoms with Crippen molar-refractivity contribution in [3.05, 3.63) is 35.9 Å². The highest BCUT2D eigenvalue weighted by Crippen LogP contribution is 2.22. The third-order valence-corrected chi connectivity index (χ3v) is 4.30. The molecule has 0 bridgehead atoms. The number of carbonyl (C=O) groups excluding carboxylic acids is 2. The summed E-state index contributed by atoms with van der Waals surface area (Å²) in [5.41, 5.74) is 0.809. The summed E-state index contributed by atoms with van der Waals surface area (Å²) in [6.45, 7) is 2.28. The van der Waals surface area contributed by atoms with E-state index in [0.29, 0.717) is 12.3 Å². The van der Waals surface area contributed by atoms with Gasteiger partial charge in [-0.05, 0) is 12.5 Å². The average Bonchev–Trinajstić information content (AvgIpc) is 2.51. The van der Waals surface area contributed by atoms with Gasteiger partial charge >= 0.3 is 0 Å². The molecule has 2 unspecified atom stereocenters. The highest BCUT2D eigenvalue weighted by molar-refractivity contribution is 7.99. The monoisotopic (exact) mass is 302 g/mol. The van der Waals surface area contributed by atoms with E-state index in [0.717, 1.165) is 11.3 Å². The molecular formula is C16H18N2O2S. The molecule has 1 fully saturated rings. The Balaban J connectivity index is 2.10. The molecule has 1 aromatic rings. The number of nitrogens with zero attached hydrogens (tertiary/aromatic N) is 1. The normalized spacial score (nSPS) is 21.8. The summed E-state index contributed by atoms with van der Waals surface area (Å²) >= 11 is 1.59. The first-order valence-corrected chi connectivity index (χ1v) is 7.97. The van der Waals surface area contributed by atoms with E-state index >= 15 is 0 Å². The zero-order valence-corrected chi connectivity index (χ0v) is 12.7. The van der Waals surface area contributed by atoms with Gasteiger partial charge in [-0.25, -0.2) is 0 Å². The van der Waals surface area contributed by atoms with E-state index in [1.807, 2.05) is 30.3 Å². The van der Waals surface area contributed by atoms with Crippen molar-refractivity contribution >= 4 is 23.6 Å². The van der Waals surface area contributed by atoms with E-state index < -0.39 is 12.1 Å². The van der Waals surface area contributed by atoms with Crippen LogP contribution in [0.3, 0.4) is 0 Å². The van der Waals surface area contributed by atoms with Gasteiger partial charge in [0.1, 0.15) is 12.1 Å². The maximum absolute atomic E-state index is 12.6. The zero-order chi connectivity index (χ0) is 15.2. The van der Waals surface area contributed by atoms with E-state index in [2.05, 4.69) is 11.2 Å². The summed E-state index contributed by atoms with van der Waals surface area (Å²) in [5.74, 6) is 3.72. The van der Waals surface area contributed by atoms with Crippen LogP contribution in [0.15, 0.2) is 30.3 Å². The highest BCUT2D eigenvalue weighted by atomic mass is 32.2. The summed E-state index contributed by atoms with van der Waals surface area (Å²) in [7, 11) is 0. The highest BCUT2D eigenvalue weighted by Gasteiger charge is 2.38. The number of piperazine rings is 1. The molecule has 1 aromatic carbocycles. The number of hydrogen-bond donors (Lipinski definition) is 1.